The molecule has 0 spiro atoms. The fourth-order valence-electron chi connectivity index (χ4n) is 3.46. The van der Waals surface area contributed by atoms with Gasteiger partial charge in [0, 0.05) is 15.6 Å². The first-order valence-corrected chi connectivity index (χ1v) is 15.7. The van der Waals surface area contributed by atoms with Crippen molar-refractivity contribution in [2.75, 3.05) is 6.61 Å². The molecule has 0 saturated heterocycles. The van der Waals surface area contributed by atoms with E-state index in [1.54, 1.807) is 0 Å². The molecule has 0 heterocycles. The normalized spacial score (nSPS) is 13.1. The average molecular weight is 566 g/mol. The van der Waals surface area contributed by atoms with Gasteiger partial charge in [0.1, 0.15) is 0 Å². The highest BCUT2D eigenvalue weighted by Crippen LogP contribution is 2.30. The molecule has 2 rings (SSSR count). The van der Waals surface area contributed by atoms with Gasteiger partial charge >= 0.3 is 0 Å². The summed E-state index contributed by atoms with van der Waals surface area (Å²) in [7, 11) is -1.52. The number of nitrogens with zero attached hydrogens (tertiary/aromatic N) is 2. The van der Waals surface area contributed by atoms with Crippen molar-refractivity contribution in [3.63, 3.8) is 0 Å². The van der Waals surface area contributed by atoms with Crippen LogP contribution in [0.15, 0.2) is 43.2 Å². The van der Waals surface area contributed by atoms with Crippen LogP contribution in [-0.2, 0) is 4.43 Å². The summed E-state index contributed by atoms with van der Waals surface area (Å²) in [5.74, 6) is 0. The van der Waals surface area contributed by atoms with E-state index in [1.165, 1.54) is 0 Å². The summed E-state index contributed by atoms with van der Waals surface area (Å²) in [5.41, 5.74) is 8.67. The van der Waals surface area contributed by atoms with Gasteiger partial charge < -0.3 is 4.43 Å². The van der Waals surface area contributed by atoms with Crippen molar-refractivity contribution >= 4 is 63.0 Å². The smallest absolute Gasteiger partial charge is 0.183 e. The first-order valence-electron chi connectivity index (χ1n) is 10.7. The monoisotopic (exact) mass is 564 g/mol. The second-order valence-corrected chi connectivity index (χ2v) is 15.4. The van der Waals surface area contributed by atoms with Gasteiger partial charge in [-0.1, -0.05) is 31.9 Å². The van der Waals surface area contributed by atoms with Gasteiger partial charge in [-0.05, 0) is 114 Å². The number of benzene rings is 2. The van der Waals surface area contributed by atoms with Gasteiger partial charge in [-0.15, -0.1) is 0 Å². The Morgan fingerprint density at radius 2 is 1.23 bits per heavy atom. The molecule has 3 nitrogen and oxygen atoms in total. The summed E-state index contributed by atoms with van der Waals surface area (Å²) < 4.78 is 8.24. The minimum atomic E-state index is -1.52. The lowest BCUT2D eigenvalue weighted by molar-refractivity contribution is 0.307. The number of aryl methyl sites for hydroxylation is 4. The molecule has 0 aliphatic carbocycles. The lowest BCUT2D eigenvalue weighted by atomic mass is 10.1. The molecular formula is C25H34Br2N2OSi. The Kier molecular flexibility index (Phi) is 9.43. The summed E-state index contributed by atoms with van der Waals surface area (Å²) in [4.78, 5) is 10.1. The van der Waals surface area contributed by atoms with Crippen LogP contribution in [0.4, 0.5) is 11.4 Å². The quantitative estimate of drug-likeness (QED) is 0.178. The predicted octanol–water partition coefficient (Wildman–Crippen LogP) is 8.94. The summed E-state index contributed by atoms with van der Waals surface area (Å²) >= 11 is 7.17. The Hall–Kier alpha value is -1.08. The largest absolute Gasteiger partial charge is 0.418 e. The lowest BCUT2D eigenvalue weighted by Gasteiger charge is -2.17. The zero-order valence-electron chi connectivity index (χ0n) is 20.0. The van der Waals surface area contributed by atoms with Crippen molar-refractivity contribution in [3.05, 3.63) is 55.5 Å². The molecule has 0 saturated carbocycles. The minimum absolute atomic E-state index is 0.761. The highest BCUT2D eigenvalue weighted by Gasteiger charge is 2.15. The van der Waals surface area contributed by atoms with Crippen molar-refractivity contribution in [2.45, 2.75) is 67.1 Å². The third kappa shape index (κ3) is 8.08. The van der Waals surface area contributed by atoms with E-state index in [0.29, 0.717) is 0 Å². The van der Waals surface area contributed by atoms with Crippen LogP contribution in [0.25, 0.3) is 0 Å². The van der Waals surface area contributed by atoms with E-state index in [4.69, 9.17) is 14.4 Å². The van der Waals surface area contributed by atoms with E-state index in [2.05, 4.69) is 110 Å². The second-order valence-electron chi connectivity index (χ2n) is 9.10. The van der Waals surface area contributed by atoms with Crippen molar-refractivity contribution < 1.29 is 4.43 Å². The standard InChI is InChI=1S/C25H34Br2N2OSi/c1-16-12-21(26)13-17(2)24(16)28-20(5)23(10-9-11-30-31(6,7)8)29-25-18(3)14-22(27)15-19(25)4/h12-15H,9-11H2,1-8H3. The van der Waals surface area contributed by atoms with Crippen LogP contribution in [0, 0.1) is 27.7 Å². The maximum absolute atomic E-state index is 6.08. The Morgan fingerprint density at radius 3 is 1.65 bits per heavy atom. The predicted molar refractivity (Wildman–Crippen MR) is 146 cm³/mol. The van der Waals surface area contributed by atoms with Crippen molar-refractivity contribution in [2.24, 2.45) is 9.98 Å². The number of rotatable bonds is 8. The third-order valence-corrected chi connectivity index (χ3v) is 6.93. The molecule has 0 unspecified atom stereocenters. The van der Waals surface area contributed by atoms with Crippen LogP contribution in [0.1, 0.15) is 42.0 Å². The van der Waals surface area contributed by atoms with E-state index < -0.39 is 8.32 Å². The molecule has 0 fully saturated rings. The van der Waals surface area contributed by atoms with Gasteiger partial charge in [0.2, 0.25) is 0 Å². The molecule has 6 heteroatoms. The molecule has 0 amide bonds. The zero-order valence-corrected chi connectivity index (χ0v) is 24.2. The fraction of sp³-hybridized carbons (Fsp3) is 0.440. The van der Waals surface area contributed by atoms with E-state index >= 15 is 0 Å². The van der Waals surface area contributed by atoms with Gasteiger partial charge in [-0.25, -0.2) is 0 Å². The first-order chi connectivity index (χ1) is 14.4. The Labute approximate surface area is 205 Å². The molecule has 2 aromatic carbocycles. The van der Waals surface area contributed by atoms with Crippen LogP contribution in [0.5, 0.6) is 0 Å². The summed E-state index contributed by atoms with van der Waals surface area (Å²) in [6.07, 6.45) is 1.77. The van der Waals surface area contributed by atoms with E-state index in [9.17, 15) is 0 Å². The molecule has 168 valence electrons. The average Bonchev–Trinajstić information content (AvgIpc) is 2.61. The maximum Gasteiger partial charge on any atom is 0.183 e. The van der Waals surface area contributed by atoms with Crippen molar-refractivity contribution in [3.8, 4) is 0 Å². The van der Waals surface area contributed by atoms with Gasteiger partial charge in [0.15, 0.2) is 8.32 Å². The van der Waals surface area contributed by atoms with Crippen LogP contribution in [0.2, 0.25) is 19.6 Å². The molecular weight excluding hydrogens is 532 g/mol. The van der Waals surface area contributed by atoms with Gasteiger partial charge in [-0.2, -0.15) is 0 Å². The fourth-order valence-corrected chi connectivity index (χ4v) is 5.59. The van der Waals surface area contributed by atoms with Gasteiger partial charge in [0.25, 0.3) is 0 Å². The molecule has 31 heavy (non-hydrogen) atoms. The zero-order chi connectivity index (χ0) is 23.3. The van der Waals surface area contributed by atoms with E-state index in [0.717, 1.165) is 73.4 Å². The minimum Gasteiger partial charge on any atom is -0.418 e. The molecule has 0 bridgehead atoms. The SMILES string of the molecule is CC(=Nc1c(C)cc(Br)cc1C)C(CCCO[Si](C)(C)C)=Nc1c(C)cc(Br)cc1C. The first kappa shape index (κ1) is 26.2. The highest BCUT2D eigenvalue weighted by atomic mass is 79.9. The lowest BCUT2D eigenvalue weighted by Crippen LogP contribution is -2.26. The molecule has 0 aromatic heterocycles. The van der Waals surface area contributed by atoms with Crippen LogP contribution in [-0.4, -0.2) is 26.3 Å². The Morgan fingerprint density at radius 1 is 0.806 bits per heavy atom. The van der Waals surface area contributed by atoms with Gasteiger partial charge in [-0.3, -0.25) is 9.98 Å². The summed E-state index contributed by atoms with van der Waals surface area (Å²) in [6, 6.07) is 8.46. The topological polar surface area (TPSA) is 34.0 Å². The van der Waals surface area contributed by atoms with Crippen LogP contribution >= 0.6 is 31.9 Å². The molecule has 0 aliphatic heterocycles. The van der Waals surface area contributed by atoms with Gasteiger partial charge in [0.05, 0.1) is 22.8 Å². The highest BCUT2D eigenvalue weighted by molar-refractivity contribution is 9.10. The van der Waals surface area contributed by atoms with Crippen molar-refractivity contribution in [1.82, 2.24) is 0 Å². The Bertz CT molecular complexity index is 961. The van der Waals surface area contributed by atoms with E-state index in [1.807, 2.05) is 0 Å². The number of hydrogen-bond acceptors (Lipinski definition) is 3. The van der Waals surface area contributed by atoms with E-state index in [-0.39, 0.29) is 0 Å². The van der Waals surface area contributed by atoms with Crippen LogP contribution < -0.4 is 0 Å². The molecule has 0 aliphatic rings. The molecule has 0 N–H and O–H groups in total. The third-order valence-electron chi connectivity index (χ3n) is 4.95. The second kappa shape index (κ2) is 11.2. The molecule has 0 radical (unpaired) electrons. The number of hydrogen-bond donors (Lipinski definition) is 0. The Balaban J connectivity index is 2.44. The number of halogens is 2. The molecule has 0 atom stereocenters. The summed E-state index contributed by atoms with van der Waals surface area (Å²) in [6.45, 7) is 17.9. The van der Waals surface area contributed by atoms with Crippen molar-refractivity contribution in [1.29, 1.82) is 0 Å². The summed E-state index contributed by atoms with van der Waals surface area (Å²) in [5, 5.41) is 0. The molecule has 2 aromatic rings. The van der Waals surface area contributed by atoms with Crippen LogP contribution in [0.3, 0.4) is 0 Å². The maximum atomic E-state index is 6.08. The number of aliphatic imine (C=N–C) groups is 2.